The van der Waals surface area contributed by atoms with Crippen LogP contribution in [0.1, 0.15) is 45.2 Å². The SMILES string of the molecule is CC(C)=CCN(CC=C(C)C)CCC(O)(Cc1ccccc1)c1ccccc1. The van der Waals surface area contributed by atoms with Crippen LogP contribution < -0.4 is 0 Å². The molecule has 0 aliphatic heterocycles. The smallest absolute Gasteiger partial charge is 0.0948 e. The monoisotopic (exact) mass is 377 g/mol. The fraction of sp³-hybridized carbons (Fsp3) is 0.385. The van der Waals surface area contributed by atoms with Crippen LogP contribution in [0.5, 0.6) is 0 Å². The molecule has 0 saturated carbocycles. The Morgan fingerprint density at radius 2 is 1.32 bits per heavy atom. The van der Waals surface area contributed by atoms with Crippen molar-refractivity contribution in [1.82, 2.24) is 4.90 Å². The van der Waals surface area contributed by atoms with Crippen molar-refractivity contribution < 1.29 is 5.11 Å². The van der Waals surface area contributed by atoms with E-state index in [9.17, 15) is 5.11 Å². The summed E-state index contributed by atoms with van der Waals surface area (Å²) in [5, 5.41) is 11.7. The van der Waals surface area contributed by atoms with Gasteiger partial charge in [-0.15, -0.1) is 0 Å². The second-order valence-corrected chi connectivity index (χ2v) is 8.13. The van der Waals surface area contributed by atoms with Crippen LogP contribution in [0.2, 0.25) is 0 Å². The summed E-state index contributed by atoms with van der Waals surface area (Å²) in [6.07, 6.45) is 5.84. The highest BCUT2D eigenvalue weighted by atomic mass is 16.3. The van der Waals surface area contributed by atoms with Gasteiger partial charge in [0.05, 0.1) is 5.60 Å². The summed E-state index contributed by atoms with van der Waals surface area (Å²) in [7, 11) is 0. The predicted molar refractivity (Wildman–Crippen MR) is 120 cm³/mol. The average molecular weight is 378 g/mol. The quantitative estimate of drug-likeness (QED) is 0.534. The lowest BCUT2D eigenvalue weighted by atomic mass is 9.84. The van der Waals surface area contributed by atoms with Gasteiger partial charge in [0.2, 0.25) is 0 Å². The molecule has 2 heteroatoms. The van der Waals surface area contributed by atoms with Crippen LogP contribution in [-0.2, 0) is 12.0 Å². The third-order valence-electron chi connectivity index (χ3n) is 5.01. The Labute approximate surface area is 171 Å². The molecule has 0 aliphatic carbocycles. The first-order chi connectivity index (χ1) is 13.4. The van der Waals surface area contributed by atoms with Crippen molar-refractivity contribution in [2.45, 2.75) is 46.1 Å². The second-order valence-electron chi connectivity index (χ2n) is 8.13. The van der Waals surface area contributed by atoms with Gasteiger partial charge in [-0.05, 0) is 45.2 Å². The molecule has 2 aromatic rings. The summed E-state index contributed by atoms with van der Waals surface area (Å²) in [5.41, 5.74) is 3.92. The lowest BCUT2D eigenvalue weighted by Crippen LogP contribution is -2.35. The summed E-state index contributed by atoms with van der Waals surface area (Å²) in [4.78, 5) is 2.40. The highest BCUT2D eigenvalue weighted by Crippen LogP contribution is 2.29. The summed E-state index contributed by atoms with van der Waals surface area (Å²) < 4.78 is 0. The molecule has 150 valence electrons. The van der Waals surface area contributed by atoms with Crippen molar-refractivity contribution in [3.05, 3.63) is 95.1 Å². The van der Waals surface area contributed by atoms with Crippen LogP contribution in [0.25, 0.3) is 0 Å². The second kappa shape index (κ2) is 11.0. The molecule has 0 heterocycles. The van der Waals surface area contributed by atoms with Crippen LogP contribution in [0, 0.1) is 0 Å². The largest absolute Gasteiger partial charge is 0.385 e. The van der Waals surface area contributed by atoms with E-state index in [1.165, 1.54) is 11.1 Å². The molecule has 0 spiro atoms. The zero-order valence-electron chi connectivity index (χ0n) is 17.9. The zero-order valence-corrected chi connectivity index (χ0v) is 17.9. The van der Waals surface area contributed by atoms with Crippen molar-refractivity contribution in [2.24, 2.45) is 0 Å². The first-order valence-corrected chi connectivity index (χ1v) is 10.2. The minimum absolute atomic E-state index is 0.622. The van der Waals surface area contributed by atoms with Crippen molar-refractivity contribution in [3.63, 3.8) is 0 Å². The lowest BCUT2D eigenvalue weighted by molar-refractivity contribution is 0.0191. The van der Waals surface area contributed by atoms with E-state index < -0.39 is 5.60 Å². The maximum absolute atomic E-state index is 11.7. The van der Waals surface area contributed by atoms with E-state index in [1.807, 2.05) is 48.5 Å². The molecular weight excluding hydrogens is 342 g/mol. The standard InChI is InChI=1S/C26H35NO/c1-22(2)15-18-27(19-16-23(3)4)20-17-26(28,25-13-9-6-10-14-25)21-24-11-7-5-8-12-24/h5-16,28H,17-21H2,1-4H3. The highest BCUT2D eigenvalue weighted by Gasteiger charge is 2.29. The Bertz CT molecular complexity index is 736. The number of nitrogens with zero attached hydrogens (tertiary/aromatic N) is 1. The molecule has 0 amide bonds. The Hall–Kier alpha value is -2.16. The third kappa shape index (κ3) is 7.46. The topological polar surface area (TPSA) is 23.5 Å². The van der Waals surface area contributed by atoms with Gasteiger partial charge in [-0.1, -0.05) is 84.0 Å². The molecular formula is C26H35NO. The Morgan fingerprint density at radius 3 is 1.82 bits per heavy atom. The number of hydrogen-bond acceptors (Lipinski definition) is 2. The lowest BCUT2D eigenvalue weighted by Gasteiger charge is -2.32. The summed E-state index contributed by atoms with van der Waals surface area (Å²) >= 11 is 0. The molecule has 0 radical (unpaired) electrons. The Kier molecular flexibility index (Phi) is 8.69. The summed E-state index contributed by atoms with van der Waals surface area (Å²) in [6, 6.07) is 20.4. The van der Waals surface area contributed by atoms with Crippen molar-refractivity contribution in [2.75, 3.05) is 19.6 Å². The van der Waals surface area contributed by atoms with Crippen LogP contribution >= 0.6 is 0 Å². The minimum Gasteiger partial charge on any atom is -0.385 e. The number of hydrogen-bond donors (Lipinski definition) is 1. The van der Waals surface area contributed by atoms with Gasteiger partial charge in [-0.25, -0.2) is 0 Å². The van der Waals surface area contributed by atoms with Gasteiger partial charge in [-0.3, -0.25) is 4.90 Å². The van der Waals surface area contributed by atoms with Gasteiger partial charge < -0.3 is 5.11 Å². The van der Waals surface area contributed by atoms with Crippen LogP contribution in [0.3, 0.4) is 0 Å². The molecule has 1 unspecified atom stereocenters. The van der Waals surface area contributed by atoms with Gasteiger partial charge in [0.25, 0.3) is 0 Å². The molecule has 28 heavy (non-hydrogen) atoms. The Morgan fingerprint density at radius 1 is 0.821 bits per heavy atom. The molecule has 1 N–H and O–H groups in total. The maximum atomic E-state index is 11.7. The van der Waals surface area contributed by atoms with Crippen LogP contribution in [-0.4, -0.2) is 29.6 Å². The minimum atomic E-state index is -0.878. The third-order valence-corrected chi connectivity index (χ3v) is 5.01. The molecule has 1 atom stereocenters. The van der Waals surface area contributed by atoms with Gasteiger partial charge in [0.15, 0.2) is 0 Å². The fourth-order valence-corrected chi connectivity index (χ4v) is 3.24. The molecule has 0 saturated heterocycles. The normalized spacial score (nSPS) is 13.1. The number of rotatable bonds is 10. The van der Waals surface area contributed by atoms with Crippen LogP contribution in [0.15, 0.2) is 84.0 Å². The van der Waals surface area contributed by atoms with Crippen LogP contribution in [0.4, 0.5) is 0 Å². The number of allylic oxidation sites excluding steroid dienone is 2. The first-order valence-electron chi connectivity index (χ1n) is 10.2. The van der Waals surface area contributed by atoms with E-state index in [0.717, 1.165) is 30.8 Å². The van der Waals surface area contributed by atoms with Crippen molar-refractivity contribution in [3.8, 4) is 0 Å². The number of aliphatic hydroxyl groups is 1. The molecule has 0 bridgehead atoms. The van der Waals surface area contributed by atoms with Gasteiger partial charge in [0, 0.05) is 26.1 Å². The molecule has 0 fully saturated rings. The molecule has 0 aliphatic rings. The van der Waals surface area contributed by atoms with Crippen molar-refractivity contribution in [1.29, 1.82) is 0 Å². The van der Waals surface area contributed by atoms with Gasteiger partial charge >= 0.3 is 0 Å². The van der Waals surface area contributed by atoms with E-state index in [1.54, 1.807) is 0 Å². The van der Waals surface area contributed by atoms with E-state index in [0.29, 0.717) is 12.8 Å². The average Bonchev–Trinajstić information content (AvgIpc) is 2.68. The Balaban J connectivity index is 2.20. The molecule has 2 aromatic carbocycles. The first kappa shape index (κ1) is 22.1. The van der Waals surface area contributed by atoms with E-state index >= 15 is 0 Å². The highest BCUT2D eigenvalue weighted by molar-refractivity contribution is 5.27. The fourth-order valence-electron chi connectivity index (χ4n) is 3.24. The number of benzene rings is 2. The van der Waals surface area contributed by atoms with Gasteiger partial charge in [0.1, 0.15) is 0 Å². The molecule has 0 aromatic heterocycles. The summed E-state index contributed by atoms with van der Waals surface area (Å²) in [5.74, 6) is 0. The van der Waals surface area contributed by atoms with Crippen molar-refractivity contribution >= 4 is 0 Å². The zero-order chi connectivity index (χ0) is 20.4. The predicted octanol–water partition coefficient (Wildman–Crippen LogP) is 5.74. The molecule has 2 rings (SSSR count). The van der Waals surface area contributed by atoms with Gasteiger partial charge in [-0.2, -0.15) is 0 Å². The maximum Gasteiger partial charge on any atom is 0.0948 e. The van der Waals surface area contributed by atoms with E-state index in [-0.39, 0.29) is 0 Å². The van der Waals surface area contributed by atoms with E-state index in [4.69, 9.17) is 0 Å². The molecule has 2 nitrogen and oxygen atoms in total. The summed E-state index contributed by atoms with van der Waals surface area (Å²) in [6.45, 7) is 11.2. The van der Waals surface area contributed by atoms with E-state index in [2.05, 4.69) is 56.9 Å².